The van der Waals surface area contributed by atoms with Gasteiger partial charge in [-0.1, -0.05) is 12.1 Å². The van der Waals surface area contributed by atoms with Gasteiger partial charge in [0.15, 0.2) is 0 Å². The van der Waals surface area contributed by atoms with Gasteiger partial charge in [0.25, 0.3) is 0 Å². The van der Waals surface area contributed by atoms with Gasteiger partial charge in [-0.25, -0.2) is 0 Å². The largest absolute Gasteiger partial charge is 0.456 e. The third-order valence-corrected chi connectivity index (χ3v) is 10.6. The average molecular weight is 567 g/mol. The van der Waals surface area contributed by atoms with Crippen LogP contribution in [0.3, 0.4) is 0 Å². The first-order valence-electron chi connectivity index (χ1n) is 16.2. The summed E-state index contributed by atoms with van der Waals surface area (Å²) in [6.07, 6.45) is 7.74. The van der Waals surface area contributed by atoms with Crippen molar-refractivity contribution in [2.75, 3.05) is 22.9 Å². The monoisotopic (exact) mass is 566 g/mol. The van der Waals surface area contributed by atoms with E-state index in [1.54, 1.807) is 0 Å². The third-order valence-electron chi connectivity index (χ3n) is 10.6. The lowest BCUT2D eigenvalue weighted by molar-refractivity contribution is 0.485. The summed E-state index contributed by atoms with van der Waals surface area (Å²) in [4.78, 5) is 5.13. The Morgan fingerprint density at radius 1 is 0.558 bits per heavy atom. The summed E-state index contributed by atoms with van der Waals surface area (Å²) in [7, 11) is 0. The van der Waals surface area contributed by atoms with Crippen LogP contribution in [0.4, 0.5) is 11.4 Å². The van der Waals surface area contributed by atoms with Gasteiger partial charge in [-0.15, -0.1) is 0 Å². The Labute approximate surface area is 251 Å². The quantitative estimate of drug-likeness (QED) is 0.208. The molecule has 216 valence electrons. The molecule has 0 amide bonds. The minimum absolute atomic E-state index is 0.589. The van der Waals surface area contributed by atoms with E-state index in [0.29, 0.717) is 12.1 Å². The van der Waals surface area contributed by atoms with Gasteiger partial charge >= 0.3 is 0 Å². The van der Waals surface area contributed by atoms with Crippen LogP contribution >= 0.6 is 0 Å². The molecule has 2 saturated heterocycles. The molecule has 0 saturated carbocycles. The summed E-state index contributed by atoms with van der Waals surface area (Å²) in [6, 6.07) is 26.3. The van der Waals surface area contributed by atoms with E-state index in [0.717, 1.165) is 62.5 Å². The van der Waals surface area contributed by atoms with Crippen LogP contribution in [0.15, 0.2) is 75.6 Å². The molecule has 2 unspecified atom stereocenters. The molecule has 2 atom stereocenters. The van der Waals surface area contributed by atoms with E-state index >= 15 is 0 Å². The zero-order valence-corrected chi connectivity index (χ0v) is 25.4. The van der Waals surface area contributed by atoms with Crippen LogP contribution in [-0.2, 0) is 0 Å². The molecule has 2 aliphatic rings. The molecular formula is C39H38N2O2. The number of hydrogen-bond acceptors (Lipinski definition) is 4. The molecule has 4 nitrogen and oxygen atoms in total. The lowest BCUT2D eigenvalue weighted by Crippen LogP contribution is -2.37. The second kappa shape index (κ2) is 9.41. The lowest BCUT2D eigenvalue weighted by Gasteiger charge is -2.35. The Morgan fingerprint density at radius 2 is 1.14 bits per heavy atom. The smallest absolute Gasteiger partial charge is 0.139 e. The van der Waals surface area contributed by atoms with Crippen molar-refractivity contribution in [1.82, 2.24) is 0 Å². The van der Waals surface area contributed by atoms with Crippen LogP contribution in [0.25, 0.3) is 65.4 Å². The highest BCUT2D eigenvalue weighted by atomic mass is 16.3. The van der Waals surface area contributed by atoms with Crippen LogP contribution in [0.5, 0.6) is 0 Å². The molecular weight excluding hydrogens is 528 g/mol. The van der Waals surface area contributed by atoms with Gasteiger partial charge in [-0.3, -0.25) is 0 Å². The Balaban J connectivity index is 1.18. The molecule has 4 heterocycles. The Hall–Kier alpha value is -4.18. The molecule has 4 heteroatoms. The molecule has 2 aromatic heterocycles. The maximum atomic E-state index is 6.64. The summed E-state index contributed by atoms with van der Waals surface area (Å²) in [6.45, 7) is 9.16. The van der Waals surface area contributed by atoms with Gasteiger partial charge in [0.1, 0.15) is 22.3 Å². The molecule has 5 aromatic carbocycles. The molecule has 9 rings (SSSR count). The van der Waals surface area contributed by atoms with Crippen LogP contribution in [0, 0.1) is 6.92 Å². The second-order valence-corrected chi connectivity index (χ2v) is 13.3. The minimum atomic E-state index is 0.589. The molecule has 7 aromatic rings. The Morgan fingerprint density at radius 3 is 1.74 bits per heavy atom. The van der Waals surface area contributed by atoms with Crippen LogP contribution in [0.1, 0.15) is 57.9 Å². The zero-order valence-electron chi connectivity index (χ0n) is 25.4. The highest BCUT2D eigenvalue weighted by molar-refractivity contribution is 6.20. The van der Waals surface area contributed by atoms with Gasteiger partial charge in [0, 0.05) is 63.7 Å². The lowest BCUT2D eigenvalue weighted by atomic mass is 9.99. The maximum absolute atomic E-state index is 6.64. The van der Waals surface area contributed by atoms with Gasteiger partial charge in [0.05, 0.1) is 0 Å². The third kappa shape index (κ3) is 3.88. The number of nitrogens with zero attached hydrogens (tertiary/aromatic N) is 2. The Bertz CT molecular complexity index is 2180. The summed E-state index contributed by atoms with van der Waals surface area (Å²) < 4.78 is 13.2. The first-order chi connectivity index (χ1) is 21.0. The Kier molecular flexibility index (Phi) is 5.54. The van der Waals surface area contributed by atoms with E-state index in [-0.39, 0.29) is 0 Å². The van der Waals surface area contributed by atoms with E-state index in [1.165, 1.54) is 71.4 Å². The molecule has 0 radical (unpaired) electrons. The molecule has 0 aliphatic carbocycles. The maximum Gasteiger partial charge on any atom is 0.139 e. The average Bonchev–Trinajstić information content (AvgIpc) is 3.56. The number of furan rings is 2. The van der Waals surface area contributed by atoms with Gasteiger partial charge in [-0.2, -0.15) is 0 Å². The second-order valence-electron chi connectivity index (χ2n) is 13.3. The number of benzene rings is 5. The SMILES string of the molecule is Cc1c2oc3cc4cc(N5CCCCC5C)ccc4cc3c2cc2oc3cc4cc(N5CCCCC5C)ccc4cc3c12. The minimum Gasteiger partial charge on any atom is -0.456 e. The molecule has 43 heavy (non-hydrogen) atoms. The number of aryl methyl sites for hydroxylation is 1. The van der Waals surface area contributed by atoms with Crippen LogP contribution in [0.2, 0.25) is 0 Å². The first kappa shape index (κ1) is 25.3. The fraction of sp³-hybridized carbons (Fsp3) is 0.333. The van der Waals surface area contributed by atoms with E-state index in [9.17, 15) is 0 Å². The molecule has 2 fully saturated rings. The van der Waals surface area contributed by atoms with Crippen molar-refractivity contribution < 1.29 is 8.83 Å². The van der Waals surface area contributed by atoms with Crippen molar-refractivity contribution >= 4 is 76.8 Å². The number of fused-ring (bicyclic) bond motifs is 8. The van der Waals surface area contributed by atoms with E-state index in [1.807, 2.05) is 0 Å². The van der Waals surface area contributed by atoms with Crippen LogP contribution in [-0.4, -0.2) is 25.2 Å². The number of hydrogen-bond donors (Lipinski definition) is 0. The van der Waals surface area contributed by atoms with E-state index in [4.69, 9.17) is 8.83 Å². The van der Waals surface area contributed by atoms with Gasteiger partial charge in [-0.05, 0) is 135 Å². The van der Waals surface area contributed by atoms with Crippen LogP contribution < -0.4 is 9.80 Å². The molecule has 2 aliphatic heterocycles. The highest BCUT2D eigenvalue weighted by Gasteiger charge is 2.22. The number of rotatable bonds is 2. The van der Waals surface area contributed by atoms with Crippen molar-refractivity contribution in [3.63, 3.8) is 0 Å². The fourth-order valence-corrected chi connectivity index (χ4v) is 8.17. The standard InChI is InChI=1S/C39H38N2O2/c1-23-8-4-6-14-40(23)30-12-10-26-18-32-33-22-37-38(25(3)39(33)43-35(32)20-28(26)16-30)34-19-27-11-13-31(17-29(27)21-36(34)42-37)41-15-7-5-9-24(41)2/h10-13,16-24H,4-9,14-15H2,1-3H3. The fourth-order valence-electron chi connectivity index (χ4n) is 8.17. The summed E-state index contributed by atoms with van der Waals surface area (Å²) in [5, 5.41) is 9.55. The van der Waals surface area contributed by atoms with Crippen molar-refractivity contribution in [1.29, 1.82) is 0 Å². The predicted octanol–water partition coefficient (Wildman–Crippen LogP) is 10.9. The van der Waals surface area contributed by atoms with Crippen molar-refractivity contribution in [2.24, 2.45) is 0 Å². The molecule has 0 N–H and O–H groups in total. The molecule has 0 bridgehead atoms. The summed E-state index contributed by atoms with van der Waals surface area (Å²) in [5.41, 5.74) is 7.55. The van der Waals surface area contributed by atoms with E-state index < -0.39 is 0 Å². The number of anilines is 2. The summed E-state index contributed by atoms with van der Waals surface area (Å²) >= 11 is 0. The van der Waals surface area contributed by atoms with Crippen molar-refractivity contribution in [3.8, 4) is 0 Å². The van der Waals surface area contributed by atoms with Crippen molar-refractivity contribution in [2.45, 2.75) is 71.4 Å². The highest BCUT2D eigenvalue weighted by Crippen LogP contribution is 2.42. The van der Waals surface area contributed by atoms with Gasteiger partial charge < -0.3 is 18.6 Å². The summed E-state index contributed by atoms with van der Waals surface area (Å²) in [5.74, 6) is 0. The van der Waals surface area contributed by atoms with Gasteiger partial charge in [0.2, 0.25) is 0 Å². The van der Waals surface area contributed by atoms with Crippen molar-refractivity contribution in [3.05, 3.63) is 72.3 Å². The number of piperidine rings is 2. The predicted molar refractivity (Wildman–Crippen MR) is 182 cm³/mol. The normalized spacial score (nSPS) is 20.1. The zero-order chi connectivity index (χ0) is 28.8. The first-order valence-corrected chi connectivity index (χ1v) is 16.2. The molecule has 0 spiro atoms. The topological polar surface area (TPSA) is 32.8 Å². The van der Waals surface area contributed by atoms with E-state index in [2.05, 4.69) is 97.3 Å².